The van der Waals surface area contributed by atoms with E-state index in [1.54, 1.807) is 6.20 Å². The van der Waals surface area contributed by atoms with Crippen molar-refractivity contribution in [1.82, 2.24) is 10.3 Å². The Kier molecular flexibility index (Phi) is 6.09. The molecular formula is C13H20ClN3O. The lowest BCUT2D eigenvalue weighted by Gasteiger charge is -2.10. The molecule has 0 saturated heterocycles. The van der Waals surface area contributed by atoms with Gasteiger partial charge in [0.05, 0.1) is 5.69 Å². The lowest BCUT2D eigenvalue weighted by molar-refractivity contribution is -0.116. The summed E-state index contributed by atoms with van der Waals surface area (Å²) in [6.07, 6.45) is 2.91. The van der Waals surface area contributed by atoms with E-state index in [1.807, 2.05) is 13.0 Å². The molecule has 1 aromatic heterocycles. The van der Waals surface area contributed by atoms with Crippen molar-refractivity contribution in [3.8, 4) is 0 Å². The summed E-state index contributed by atoms with van der Waals surface area (Å²) in [6.45, 7) is 6.89. The monoisotopic (exact) mass is 269 g/mol. The van der Waals surface area contributed by atoms with Crippen LogP contribution in [0.2, 0.25) is 5.15 Å². The zero-order chi connectivity index (χ0) is 13.5. The van der Waals surface area contributed by atoms with E-state index in [0.29, 0.717) is 23.3 Å². The van der Waals surface area contributed by atoms with Gasteiger partial charge < -0.3 is 10.6 Å². The van der Waals surface area contributed by atoms with Crippen molar-refractivity contribution in [1.29, 1.82) is 0 Å². The molecule has 1 aromatic rings. The van der Waals surface area contributed by atoms with Crippen LogP contribution in [0.5, 0.6) is 0 Å². The number of amides is 1. The second-order valence-electron chi connectivity index (χ2n) is 4.55. The molecule has 4 nitrogen and oxygen atoms in total. The molecule has 1 rings (SSSR count). The van der Waals surface area contributed by atoms with Crippen LogP contribution in [0.15, 0.2) is 12.3 Å². The van der Waals surface area contributed by atoms with Crippen molar-refractivity contribution in [2.75, 3.05) is 11.9 Å². The molecule has 100 valence electrons. The summed E-state index contributed by atoms with van der Waals surface area (Å²) in [6, 6.07) is 2.27. The van der Waals surface area contributed by atoms with Gasteiger partial charge in [-0.15, -0.1) is 0 Å². The zero-order valence-corrected chi connectivity index (χ0v) is 11.8. The van der Waals surface area contributed by atoms with Gasteiger partial charge in [-0.3, -0.25) is 4.79 Å². The van der Waals surface area contributed by atoms with E-state index in [1.165, 1.54) is 0 Å². The summed E-state index contributed by atoms with van der Waals surface area (Å²) in [5.41, 5.74) is 1.53. The van der Waals surface area contributed by atoms with E-state index in [-0.39, 0.29) is 5.91 Å². The van der Waals surface area contributed by atoms with Crippen LogP contribution >= 0.6 is 11.6 Å². The predicted octanol–water partition coefficient (Wildman–Crippen LogP) is 2.76. The maximum Gasteiger partial charge on any atom is 0.224 e. The summed E-state index contributed by atoms with van der Waals surface area (Å²) in [5.74, 6) is -0.0291. The molecule has 0 aromatic carbocycles. The molecule has 0 atom stereocenters. The van der Waals surface area contributed by atoms with Gasteiger partial charge in [-0.1, -0.05) is 25.4 Å². The van der Waals surface area contributed by atoms with Crippen molar-refractivity contribution in [3.05, 3.63) is 23.0 Å². The van der Waals surface area contributed by atoms with Crippen molar-refractivity contribution >= 4 is 23.2 Å². The van der Waals surface area contributed by atoms with Crippen LogP contribution in [-0.2, 0) is 4.79 Å². The first kappa shape index (κ1) is 14.9. The number of pyridine rings is 1. The molecule has 0 aliphatic heterocycles. The summed E-state index contributed by atoms with van der Waals surface area (Å²) in [7, 11) is 0. The number of rotatable bonds is 6. The fraction of sp³-hybridized carbons (Fsp3) is 0.538. The fourth-order valence-electron chi connectivity index (χ4n) is 1.52. The van der Waals surface area contributed by atoms with E-state index < -0.39 is 0 Å². The predicted molar refractivity (Wildman–Crippen MR) is 75.0 cm³/mol. The minimum absolute atomic E-state index is 0.0291. The quantitative estimate of drug-likeness (QED) is 0.617. The highest BCUT2D eigenvalue weighted by atomic mass is 35.5. The topological polar surface area (TPSA) is 54.0 Å². The Balaban J connectivity index is 2.40. The number of carbonyl (C=O) groups is 1. The molecule has 0 saturated carbocycles. The van der Waals surface area contributed by atoms with Gasteiger partial charge >= 0.3 is 0 Å². The van der Waals surface area contributed by atoms with Gasteiger partial charge in [0, 0.05) is 18.7 Å². The first-order valence-electron chi connectivity index (χ1n) is 6.15. The summed E-state index contributed by atoms with van der Waals surface area (Å²) in [5, 5.41) is 6.41. The van der Waals surface area contributed by atoms with Gasteiger partial charge in [0.25, 0.3) is 0 Å². The molecule has 1 amide bonds. The van der Waals surface area contributed by atoms with Gasteiger partial charge in [-0.25, -0.2) is 4.98 Å². The highest BCUT2D eigenvalue weighted by molar-refractivity contribution is 6.32. The SMILES string of the molecule is Cc1ccnc(Cl)c1NC(=O)CCCNC(C)C. The third kappa shape index (κ3) is 5.02. The largest absolute Gasteiger partial charge is 0.323 e. The van der Waals surface area contributed by atoms with Crippen molar-refractivity contribution < 1.29 is 4.79 Å². The number of aromatic nitrogens is 1. The minimum Gasteiger partial charge on any atom is -0.323 e. The first-order chi connectivity index (χ1) is 8.50. The van der Waals surface area contributed by atoms with Crippen LogP contribution in [0.4, 0.5) is 5.69 Å². The van der Waals surface area contributed by atoms with Crippen molar-refractivity contribution in [2.45, 2.75) is 39.7 Å². The minimum atomic E-state index is -0.0291. The number of nitrogens with zero attached hydrogens (tertiary/aromatic N) is 1. The Labute approximate surface area is 113 Å². The number of nitrogens with one attached hydrogen (secondary N) is 2. The van der Waals surface area contributed by atoms with Gasteiger partial charge in [0.1, 0.15) is 0 Å². The van der Waals surface area contributed by atoms with Crippen LogP contribution in [0, 0.1) is 6.92 Å². The van der Waals surface area contributed by atoms with Crippen LogP contribution in [0.25, 0.3) is 0 Å². The van der Waals surface area contributed by atoms with Gasteiger partial charge in [0.2, 0.25) is 5.91 Å². The molecule has 0 bridgehead atoms. The molecule has 0 fully saturated rings. The number of anilines is 1. The maximum absolute atomic E-state index is 11.7. The normalized spacial score (nSPS) is 10.7. The van der Waals surface area contributed by atoms with E-state index in [2.05, 4.69) is 29.5 Å². The number of halogens is 1. The first-order valence-corrected chi connectivity index (χ1v) is 6.53. The third-order valence-electron chi connectivity index (χ3n) is 2.51. The summed E-state index contributed by atoms with van der Waals surface area (Å²) < 4.78 is 0. The molecule has 0 spiro atoms. The highest BCUT2D eigenvalue weighted by Gasteiger charge is 2.08. The Morgan fingerprint density at radius 3 is 2.83 bits per heavy atom. The van der Waals surface area contributed by atoms with E-state index in [9.17, 15) is 4.79 Å². The molecule has 5 heteroatoms. The Hall–Kier alpha value is -1.13. The lowest BCUT2D eigenvalue weighted by atomic mass is 10.2. The second kappa shape index (κ2) is 7.34. The average molecular weight is 270 g/mol. The smallest absolute Gasteiger partial charge is 0.224 e. The van der Waals surface area contributed by atoms with Crippen LogP contribution in [0.3, 0.4) is 0 Å². The van der Waals surface area contributed by atoms with E-state index >= 15 is 0 Å². The average Bonchev–Trinajstić information content (AvgIpc) is 2.29. The van der Waals surface area contributed by atoms with Gasteiger partial charge in [-0.05, 0) is 31.5 Å². The number of aryl methyl sites for hydroxylation is 1. The Morgan fingerprint density at radius 1 is 1.50 bits per heavy atom. The van der Waals surface area contributed by atoms with Gasteiger partial charge in [0.15, 0.2) is 5.15 Å². The molecule has 1 heterocycles. The molecule has 2 N–H and O–H groups in total. The molecule has 0 radical (unpaired) electrons. The summed E-state index contributed by atoms with van der Waals surface area (Å²) >= 11 is 5.94. The van der Waals surface area contributed by atoms with Crippen molar-refractivity contribution in [3.63, 3.8) is 0 Å². The molecule has 0 unspecified atom stereocenters. The summed E-state index contributed by atoms with van der Waals surface area (Å²) in [4.78, 5) is 15.7. The molecular weight excluding hydrogens is 250 g/mol. The third-order valence-corrected chi connectivity index (χ3v) is 2.80. The number of hydrogen-bond donors (Lipinski definition) is 2. The standard InChI is InChI=1S/C13H20ClN3O/c1-9(2)15-7-4-5-11(18)17-12-10(3)6-8-16-13(12)14/h6,8-9,15H,4-5,7H2,1-3H3,(H,17,18). The zero-order valence-electron chi connectivity index (χ0n) is 11.1. The molecule has 18 heavy (non-hydrogen) atoms. The van der Waals surface area contributed by atoms with Crippen LogP contribution in [0.1, 0.15) is 32.3 Å². The van der Waals surface area contributed by atoms with Crippen molar-refractivity contribution in [2.24, 2.45) is 0 Å². The molecule has 0 aliphatic carbocycles. The number of hydrogen-bond acceptors (Lipinski definition) is 3. The Morgan fingerprint density at radius 2 is 2.22 bits per heavy atom. The fourth-order valence-corrected chi connectivity index (χ4v) is 1.77. The van der Waals surface area contributed by atoms with E-state index in [4.69, 9.17) is 11.6 Å². The van der Waals surface area contributed by atoms with E-state index in [0.717, 1.165) is 18.5 Å². The maximum atomic E-state index is 11.7. The highest BCUT2D eigenvalue weighted by Crippen LogP contribution is 2.22. The lowest BCUT2D eigenvalue weighted by Crippen LogP contribution is -2.24. The van der Waals surface area contributed by atoms with Crippen LogP contribution < -0.4 is 10.6 Å². The Bertz CT molecular complexity index is 387. The van der Waals surface area contributed by atoms with Crippen LogP contribution in [-0.4, -0.2) is 23.5 Å². The second-order valence-corrected chi connectivity index (χ2v) is 4.91. The molecule has 0 aliphatic rings. The number of carbonyl (C=O) groups excluding carboxylic acids is 1. The van der Waals surface area contributed by atoms with Gasteiger partial charge in [-0.2, -0.15) is 0 Å².